The van der Waals surface area contributed by atoms with E-state index in [9.17, 15) is 75.1 Å². The van der Waals surface area contributed by atoms with Crippen LogP contribution in [0.5, 0.6) is 11.5 Å². The van der Waals surface area contributed by atoms with Gasteiger partial charge in [0, 0.05) is 48.8 Å². The van der Waals surface area contributed by atoms with Crippen LogP contribution in [-0.2, 0) is 50.6 Å². The van der Waals surface area contributed by atoms with Crippen LogP contribution in [0.3, 0.4) is 0 Å². The quantitative estimate of drug-likeness (QED) is 0.0281. The van der Waals surface area contributed by atoms with E-state index in [1.807, 2.05) is 0 Å². The molecule has 0 spiro atoms. The molecule has 0 radical (unpaired) electrons. The molecule has 10 aromatic rings. The molecule has 0 amide bonds. The van der Waals surface area contributed by atoms with Crippen LogP contribution in [-0.4, -0.2) is 75.1 Å². The number of fused-ring (bicyclic) bond motifs is 4. The Bertz CT molecular complexity index is 5270. The maximum Gasteiger partial charge on any atom is 1.00 e. The topological polar surface area (TPSA) is 489 Å². The molecule has 0 aromatic heterocycles. The van der Waals surface area contributed by atoms with Crippen molar-refractivity contribution in [2.45, 2.75) is 24.5 Å². The molecule has 0 aliphatic rings. The number of hydrogen-bond donors (Lipinski definition) is 5. The van der Waals surface area contributed by atoms with Crippen molar-refractivity contribution < 1.29 is 223 Å². The smallest absolute Gasteiger partial charge is 0.744 e. The summed E-state index contributed by atoms with van der Waals surface area (Å²) in [6, 6.07) is 29.9. The van der Waals surface area contributed by atoms with Crippen LogP contribution in [0.1, 0.15) is 0 Å². The fourth-order valence-corrected chi connectivity index (χ4v) is 11.3. The van der Waals surface area contributed by atoms with Gasteiger partial charge in [-0.15, -0.1) is 30.7 Å². The number of anilines is 4. The van der Waals surface area contributed by atoms with E-state index in [4.69, 9.17) is 11.5 Å². The summed E-state index contributed by atoms with van der Waals surface area (Å²) in [5, 5.41) is 57.7. The van der Waals surface area contributed by atoms with Crippen LogP contribution in [0, 0.1) is 0 Å². The number of nitrogens with two attached hydrogens (primary N) is 2. The van der Waals surface area contributed by atoms with Gasteiger partial charge in [0.2, 0.25) is 0 Å². The standard InChI is InChI=1S/C52H37N11O17S5.5Na/c53-41-12-10-35-39(22-31(24-48(35)64)83(72,73)74)51(41)62-60-43-15-17-45(37-20-29(81(66,67)68)6-8-33(37)43)58-56-27-3-1-26(2-4-27)55-47-14-5-28(19-50(47)85(78,79)80)57-59-46-18-16-44(34-9-7-30(21-38(34)46)82(69,70)71)61-63-52-40-23-32(84(75,76)77)25-49(65)36(40)11-13-42(52)54;;;;;/h1-25,55,64-65H,53-54H2,(H,66,67,68)(H,69,70,71)(H,72,73,74)(H,75,76,77)(H,78,79,80);;;;;/q;5*+1/p-5. The summed E-state index contributed by atoms with van der Waals surface area (Å²) in [6.07, 6.45) is 0. The second kappa shape index (κ2) is 29.6. The van der Waals surface area contributed by atoms with E-state index < -0.39 is 86.6 Å². The number of hydrogen-bond acceptors (Lipinski definition) is 28. The van der Waals surface area contributed by atoms with Crippen molar-refractivity contribution >= 4 is 162 Å². The Morgan fingerprint density at radius 1 is 0.322 bits per heavy atom. The van der Waals surface area contributed by atoms with Gasteiger partial charge in [-0.05, 0) is 140 Å². The molecule has 10 rings (SSSR count). The Hall–Kier alpha value is -4.81. The minimum atomic E-state index is -5.25. The first-order valence-corrected chi connectivity index (χ1v) is 30.7. The normalized spacial score (nSPS) is 12.3. The molecule has 0 aliphatic heterocycles. The van der Waals surface area contributed by atoms with Crippen molar-refractivity contribution in [2.75, 3.05) is 16.8 Å². The minimum Gasteiger partial charge on any atom is -0.744 e. The number of nitrogen functional groups attached to an aromatic ring is 2. The zero-order valence-electron chi connectivity index (χ0n) is 47.2. The number of nitrogens with one attached hydrogen (secondary N) is 1. The molecular weight excluding hydrogens is 1330 g/mol. The summed E-state index contributed by atoms with van der Waals surface area (Å²) in [5.41, 5.74) is 12.0. The minimum absolute atomic E-state index is 0. The van der Waals surface area contributed by atoms with Gasteiger partial charge in [0.25, 0.3) is 0 Å². The molecule has 38 heteroatoms. The molecule has 90 heavy (non-hydrogen) atoms. The fraction of sp³-hybridized carbons (Fsp3) is 0. The summed E-state index contributed by atoms with van der Waals surface area (Å²) in [4.78, 5) is -3.65. The summed E-state index contributed by atoms with van der Waals surface area (Å²) in [7, 11) is -25.4. The van der Waals surface area contributed by atoms with Crippen LogP contribution in [0.25, 0.3) is 43.1 Å². The van der Waals surface area contributed by atoms with E-state index in [2.05, 4.69) is 46.2 Å². The molecule has 432 valence electrons. The molecule has 28 nitrogen and oxygen atoms in total. The van der Waals surface area contributed by atoms with Gasteiger partial charge in [0.15, 0.2) is 0 Å². The molecule has 0 saturated heterocycles. The van der Waals surface area contributed by atoms with E-state index in [0.717, 1.165) is 54.6 Å². The van der Waals surface area contributed by atoms with E-state index in [1.54, 1.807) is 0 Å². The molecule has 0 saturated carbocycles. The first kappa shape index (κ1) is 75.9. The predicted octanol–water partition coefficient (Wildman–Crippen LogP) is -4.18. The molecule has 0 unspecified atom stereocenters. The zero-order chi connectivity index (χ0) is 61.1. The molecule has 0 bridgehead atoms. The molecule has 0 atom stereocenters. The summed E-state index contributed by atoms with van der Waals surface area (Å²) in [5.74, 6) is -1.12. The van der Waals surface area contributed by atoms with Crippen molar-refractivity contribution in [3.05, 3.63) is 152 Å². The van der Waals surface area contributed by atoms with Crippen molar-refractivity contribution in [1.29, 1.82) is 0 Å². The SMILES string of the molecule is Nc1ccc2c(O)cc(S(=O)(=O)[O-])cc2c1N=Nc1ccc(N=Nc2ccc(Nc3ccc(N=Nc4ccc(N=Nc5c(N)ccc6c(O)cc(S(=O)(=O)[O-])cc56)c5ccc(S(=O)(=O)[O-])cc45)cc3S(=O)(=O)[O-])cc2)c2cc(S(=O)(=O)[O-])ccc12.[Na+].[Na+].[Na+].[Na+].[Na+]. The summed E-state index contributed by atoms with van der Waals surface area (Å²) >= 11 is 0. The number of rotatable bonds is 15. The van der Waals surface area contributed by atoms with Crippen LogP contribution in [0.4, 0.5) is 68.2 Å². The summed E-state index contributed by atoms with van der Waals surface area (Å²) in [6.45, 7) is 0. The first-order chi connectivity index (χ1) is 39.9. The van der Waals surface area contributed by atoms with Gasteiger partial charge in [0.05, 0.1) is 75.7 Å². The number of benzene rings is 10. The van der Waals surface area contributed by atoms with Crippen molar-refractivity contribution in [3.8, 4) is 11.5 Å². The van der Waals surface area contributed by atoms with Crippen LogP contribution >= 0.6 is 0 Å². The van der Waals surface area contributed by atoms with E-state index >= 15 is 0 Å². The van der Waals surface area contributed by atoms with Crippen LogP contribution < -0.4 is 165 Å². The Kier molecular flexibility index (Phi) is 25.0. The molecule has 0 fully saturated rings. The molecular formula is C52H32N11Na5O17S5. The van der Waals surface area contributed by atoms with Gasteiger partial charge in [-0.25, -0.2) is 42.1 Å². The van der Waals surface area contributed by atoms with Gasteiger partial charge in [-0.3, -0.25) is 0 Å². The van der Waals surface area contributed by atoms with Gasteiger partial charge < -0.3 is 49.8 Å². The predicted molar refractivity (Wildman–Crippen MR) is 301 cm³/mol. The van der Waals surface area contributed by atoms with Crippen molar-refractivity contribution in [3.63, 3.8) is 0 Å². The second-order valence-electron chi connectivity index (χ2n) is 18.1. The largest absolute Gasteiger partial charge is 1.00 e. The average molecular weight is 1360 g/mol. The number of aromatic hydroxyl groups is 2. The fourth-order valence-electron chi connectivity index (χ4n) is 8.63. The van der Waals surface area contributed by atoms with E-state index in [1.165, 1.54) is 97.1 Å². The van der Waals surface area contributed by atoms with E-state index in [0.29, 0.717) is 0 Å². The number of phenolic OH excluding ortho intramolecular Hbond substituents is 2. The van der Waals surface area contributed by atoms with Crippen molar-refractivity contribution in [2.24, 2.45) is 40.9 Å². The number of nitrogens with zero attached hydrogens (tertiary/aromatic N) is 8. The van der Waals surface area contributed by atoms with Gasteiger partial charge in [0.1, 0.15) is 73.5 Å². The summed E-state index contributed by atoms with van der Waals surface area (Å²) < 4.78 is 182. The molecule has 0 heterocycles. The third-order valence-corrected chi connectivity index (χ3v) is 16.8. The molecule has 7 N–H and O–H groups in total. The second-order valence-corrected chi connectivity index (χ2v) is 25.0. The maximum atomic E-state index is 12.7. The van der Waals surface area contributed by atoms with Crippen molar-refractivity contribution in [1.82, 2.24) is 0 Å². The zero-order valence-corrected chi connectivity index (χ0v) is 61.3. The maximum absolute atomic E-state index is 12.7. The Labute approximate surface area is 621 Å². The molecule has 0 aliphatic carbocycles. The third-order valence-electron chi connectivity index (χ3n) is 12.7. The monoisotopic (exact) mass is 1360 g/mol. The molecule has 10 aromatic carbocycles. The number of phenols is 2. The van der Waals surface area contributed by atoms with Gasteiger partial charge in [-0.2, -0.15) is 10.2 Å². The van der Waals surface area contributed by atoms with Gasteiger partial charge in [-0.1, -0.05) is 12.1 Å². The Morgan fingerprint density at radius 3 is 1.06 bits per heavy atom. The third kappa shape index (κ3) is 16.9. The number of azo groups is 4. The van der Waals surface area contributed by atoms with Crippen LogP contribution in [0.2, 0.25) is 0 Å². The Balaban J connectivity index is 0.00000295. The van der Waals surface area contributed by atoms with E-state index in [-0.39, 0.29) is 259 Å². The Morgan fingerprint density at radius 2 is 0.667 bits per heavy atom. The van der Waals surface area contributed by atoms with Crippen LogP contribution in [0.15, 0.2) is 217 Å². The van der Waals surface area contributed by atoms with Gasteiger partial charge >= 0.3 is 148 Å². The first-order valence-electron chi connectivity index (χ1n) is 23.6. The average Bonchev–Trinajstić information content (AvgIpc) is 1.12.